The van der Waals surface area contributed by atoms with Crippen molar-refractivity contribution in [3.05, 3.63) is 108 Å². The normalized spacial score (nSPS) is 12.6. The predicted molar refractivity (Wildman–Crippen MR) is 138 cm³/mol. The molecule has 0 saturated heterocycles. The van der Waals surface area contributed by atoms with E-state index in [1.54, 1.807) is 36.5 Å². The van der Waals surface area contributed by atoms with Gasteiger partial charge in [-0.3, -0.25) is 30.5 Å². The Morgan fingerprint density at radius 3 is 2.49 bits per heavy atom. The molecule has 35 heavy (non-hydrogen) atoms. The number of rotatable bonds is 7. The van der Waals surface area contributed by atoms with Crippen LogP contribution in [-0.2, 0) is 0 Å². The van der Waals surface area contributed by atoms with E-state index >= 15 is 0 Å². The zero-order valence-corrected chi connectivity index (χ0v) is 19.0. The van der Waals surface area contributed by atoms with Gasteiger partial charge in [-0.1, -0.05) is 36.4 Å². The number of anilines is 2. The van der Waals surface area contributed by atoms with Crippen molar-refractivity contribution in [2.45, 2.75) is 18.8 Å². The van der Waals surface area contributed by atoms with E-state index in [1.807, 2.05) is 48.7 Å². The fourth-order valence-electron chi connectivity index (χ4n) is 3.87. The summed E-state index contributed by atoms with van der Waals surface area (Å²) < 4.78 is 0. The summed E-state index contributed by atoms with van der Waals surface area (Å²) in [5, 5.41) is 19.2. The number of carbonyl (C=O) groups excluding carboxylic acids is 1. The molecule has 7 nitrogen and oxygen atoms in total. The van der Waals surface area contributed by atoms with Crippen LogP contribution < -0.4 is 10.2 Å². The second-order valence-corrected chi connectivity index (χ2v) is 8.39. The maximum Gasteiger partial charge on any atom is 0.274 e. The van der Waals surface area contributed by atoms with Crippen molar-refractivity contribution in [3.63, 3.8) is 0 Å². The van der Waals surface area contributed by atoms with Crippen molar-refractivity contribution >= 4 is 29.5 Å². The minimum absolute atomic E-state index is 0.129. The van der Waals surface area contributed by atoms with Gasteiger partial charge in [0.25, 0.3) is 5.91 Å². The van der Waals surface area contributed by atoms with Gasteiger partial charge in [0.05, 0.1) is 6.34 Å². The van der Waals surface area contributed by atoms with Crippen LogP contribution in [0.1, 0.15) is 40.5 Å². The van der Waals surface area contributed by atoms with Crippen molar-refractivity contribution in [1.29, 1.82) is 10.8 Å². The lowest BCUT2D eigenvalue weighted by atomic mass is 10.1. The van der Waals surface area contributed by atoms with Gasteiger partial charge in [-0.25, -0.2) is 0 Å². The maximum absolute atomic E-state index is 13.0. The van der Waals surface area contributed by atoms with Crippen LogP contribution in [0.2, 0.25) is 0 Å². The van der Waals surface area contributed by atoms with E-state index in [-0.39, 0.29) is 11.7 Å². The predicted octanol–water partition coefficient (Wildman–Crippen LogP) is 5.71. The van der Waals surface area contributed by atoms with Crippen LogP contribution in [0.15, 0.2) is 91.3 Å². The lowest BCUT2D eigenvalue weighted by molar-refractivity contribution is 0.102. The van der Waals surface area contributed by atoms with Gasteiger partial charge in [0.2, 0.25) is 0 Å². The zero-order valence-electron chi connectivity index (χ0n) is 19.0. The van der Waals surface area contributed by atoms with Crippen LogP contribution in [0.4, 0.5) is 11.4 Å². The second-order valence-electron chi connectivity index (χ2n) is 8.39. The number of hydrogen-bond donors (Lipinski definition) is 3. The molecule has 0 aliphatic heterocycles. The summed E-state index contributed by atoms with van der Waals surface area (Å²) >= 11 is 0. The van der Waals surface area contributed by atoms with Crippen LogP contribution in [-0.4, -0.2) is 28.0 Å². The van der Waals surface area contributed by atoms with Crippen LogP contribution in [0, 0.1) is 10.8 Å². The lowest BCUT2D eigenvalue weighted by Gasteiger charge is -2.20. The Balaban J connectivity index is 1.32. The number of pyridine rings is 2. The Morgan fingerprint density at radius 1 is 0.943 bits per heavy atom. The summed E-state index contributed by atoms with van der Waals surface area (Å²) in [6, 6.07) is 24.0. The first kappa shape index (κ1) is 22.2. The summed E-state index contributed by atoms with van der Waals surface area (Å²) in [5.74, 6) is 0.383. The van der Waals surface area contributed by atoms with E-state index in [0.717, 1.165) is 23.2 Å². The van der Waals surface area contributed by atoms with Gasteiger partial charge in [-0.05, 0) is 60.9 Å². The average Bonchev–Trinajstić information content (AvgIpc) is 3.76. The molecule has 0 bridgehead atoms. The van der Waals surface area contributed by atoms with Crippen molar-refractivity contribution in [2.24, 2.45) is 0 Å². The highest BCUT2D eigenvalue weighted by Gasteiger charge is 2.24. The molecule has 4 aromatic rings. The van der Waals surface area contributed by atoms with E-state index in [4.69, 9.17) is 10.8 Å². The number of benzene rings is 2. The van der Waals surface area contributed by atoms with E-state index in [0.29, 0.717) is 28.6 Å². The number of aromatic nitrogens is 2. The van der Waals surface area contributed by atoms with Gasteiger partial charge >= 0.3 is 0 Å². The van der Waals surface area contributed by atoms with Gasteiger partial charge < -0.3 is 5.32 Å². The van der Waals surface area contributed by atoms with E-state index in [2.05, 4.69) is 21.4 Å². The fourth-order valence-corrected chi connectivity index (χ4v) is 3.87. The van der Waals surface area contributed by atoms with E-state index in [1.165, 1.54) is 17.7 Å². The smallest absolute Gasteiger partial charge is 0.274 e. The summed E-state index contributed by atoms with van der Waals surface area (Å²) in [6.07, 6.45) is 6.98. The van der Waals surface area contributed by atoms with E-state index < -0.39 is 0 Å². The molecule has 7 heteroatoms. The molecule has 1 aliphatic carbocycles. The topological polar surface area (TPSA) is 106 Å². The van der Waals surface area contributed by atoms with Crippen molar-refractivity contribution in [2.75, 3.05) is 10.2 Å². The van der Waals surface area contributed by atoms with Crippen LogP contribution in [0.25, 0.3) is 11.1 Å². The highest BCUT2D eigenvalue weighted by molar-refractivity contribution is 6.17. The molecular formula is C28H24N6O. The molecule has 2 heterocycles. The van der Waals surface area contributed by atoms with Crippen molar-refractivity contribution in [3.8, 4) is 11.1 Å². The van der Waals surface area contributed by atoms with Gasteiger partial charge in [0.1, 0.15) is 11.5 Å². The third-order valence-corrected chi connectivity index (χ3v) is 5.91. The molecule has 1 fully saturated rings. The minimum Gasteiger partial charge on any atom is -0.321 e. The average molecular weight is 461 g/mol. The minimum atomic E-state index is -0.343. The third-order valence-electron chi connectivity index (χ3n) is 5.91. The Labute approximate surface area is 203 Å². The van der Waals surface area contributed by atoms with Gasteiger partial charge in [-0.15, -0.1) is 0 Å². The molecule has 3 N–H and O–H groups in total. The molecule has 0 spiro atoms. The number of nitrogens with zero attached hydrogens (tertiary/aromatic N) is 3. The van der Waals surface area contributed by atoms with Crippen LogP contribution in [0.5, 0.6) is 0 Å². The van der Waals surface area contributed by atoms with Crippen LogP contribution in [0.3, 0.4) is 0 Å². The lowest BCUT2D eigenvalue weighted by Crippen LogP contribution is -2.29. The molecule has 1 saturated carbocycles. The highest BCUT2D eigenvalue weighted by atomic mass is 16.1. The van der Waals surface area contributed by atoms with Gasteiger partial charge in [-0.2, -0.15) is 0 Å². The summed E-state index contributed by atoms with van der Waals surface area (Å²) in [6.45, 7) is 0. The Morgan fingerprint density at radius 2 is 1.77 bits per heavy atom. The second kappa shape index (κ2) is 9.69. The summed E-state index contributed by atoms with van der Waals surface area (Å²) in [7, 11) is 0. The largest absolute Gasteiger partial charge is 0.321 e. The quantitative estimate of drug-likeness (QED) is 0.242. The van der Waals surface area contributed by atoms with Gasteiger partial charge in [0.15, 0.2) is 0 Å². The molecule has 172 valence electrons. The molecular weight excluding hydrogens is 436 g/mol. The zero-order chi connectivity index (χ0) is 24.2. The summed E-state index contributed by atoms with van der Waals surface area (Å²) in [4.78, 5) is 23.2. The number of hydrogen-bond acceptors (Lipinski definition) is 5. The third kappa shape index (κ3) is 4.99. The van der Waals surface area contributed by atoms with Crippen LogP contribution >= 0.6 is 0 Å². The Bertz CT molecular complexity index is 1380. The number of amides is 1. The molecule has 2 aromatic heterocycles. The maximum atomic E-state index is 13.0. The van der Waals surface area contributed by atoms with E-state index in [9.17, 15) is 4.79 Å². The molecule has 1 aliphatic rings. The molecule has 5 rings (SSSR count). The Kier molecular flexibility index (Phi) is 6.13. The first-order valence-electron chi connectivity index (χ1n) is 11.4. The monoisotopic (exact) mass is 460 g/mol. The van der Waals surface area contributed by atoms with Gasteiger partial charge in [0, 0.05) is 46.5 Å². The van der Waals surface area contributed by atoms with Crippen molar-refractivity contribution in [1.82, 2.24) is 9.97 Å². The number of amidine groups is 1. The number of nitrogens with one attached hydrogen (secondary N) is 3. The highest BCUT2D eigenvalue weighted by Crippen LogP contribution is 2.39. The number of para-hydroxylation sites is 1. The fraction of sp³-hybridized carbons (Fsp3) is 0.107. The number of carbonyl (C=O) groups is 1. The first-order chi connectivity index (χ1) is 17.1. The Hall–Kier alpha value is -4.65. The SMILES string of the molecule is N=CN(C(=N)c1cccc(NC(=O)c2cc(-c3ccc(C4CC4)nc3)ccn2)c1)c1ccccc1. The molecule has 0 unspecified atom stereocenters. The molecule has 0 radical (unpaired) electrons. The summed E-state index contributed by atoms with van der Waals surface area (Å²) in [5.41, 5.74) is 5.05. The standard InChI is InChI=1S/C28H24N6O/c29-18-34(24-7-2-1-3-8-24)27(30)21-5-4-6-23(15-21)33-28(35)26-16-20(13-14-31-26)22-11-12-25(32-17-22)19-9-10-19/h1-8,11-19,29-30H,9-10H2,(H,33,35). The van der Waals surface area contributed by atoms with Crippen molar-refractivity contribution < 1.29 is 4.79 Å². The molecule has 0 atom stereocenters. The first-order valence-corrected chi connectivity index (χ1v) is 11.4. The molecule has 1 amide bonds. The molecule has 2 aromatic carbocycles.